The molecule has 2 aromatic rings. The summed E-state index contributed by atoms with van der Waals surface area (Å²) in [5.74, 6) is -1.87. The van der Waals surface area contributed by atoms with Crippen LogP contribution in [0.3, 0.4) is 0 Å². The summed E-state index contributed by atoms with van der Waals surface area (Å²) in [6.07, 6.45) is -6.81. The van der Waals surface area contributed by atoms with Gasteiger partial charge in [-0.25, -0.2) is 0 Å². The number of hydrogen-bond acceptors (Lipinski definition) is 5. The predicted molar refractivity (Wildman–Crippen MR) is 90.9 cm³/mol. The van der Waals surface area contributed by atoms with E-state index in [1.54, 1.807) is 13.0 Å². The molecular formula is C19H10ClF3NO4-. The molecule has 0 radical (unpaired) electrons. The van der Waals surface area contributed by atoms with Crippen LogP contribution in [0.15, 0.2) is 35.9 Å². The van der Waals surface area contributed by atoms with Gasteiger partial charge in [-0.3, -0.25) is 0 Å². The first kappa shape index (κ1) is 19.6. The number of ether oxygens (including phenoxy) is 2. The van der Waals surface area contributed by atoms with Crippen molar-refractivity contribution in [3.05, 3.63) is 57.6 Å². The molecular weight excluding hydrogens is 399 g/mol. The van der Waals surface area contributed by atoms with Crippen LogP contribution in [0.2, 0.25) is 5.02 Å². The average Bonchev–Trinajstić information content (AvgIpc) is 2.62. The van der Waals surface area contributed by atoms with Crippen molar-refractivity contribution in [2.45, 2.75) is 19.2 Å². The Hall–Kier alpha value is -3.18. The zero-order valence-electron chi connectivity index (χ0n) is 14.1. The van der Waals surface area contributed by atoms with Crippen LogP contribution in [0.4, 0.5) is 13.2 Å². The van der Waals surface area contributed by atoms with E-state index in [0.717, 1.165) is 12.1 Å². The molecule has 0 bridgehead atoms. The lowest BCUT2D eigenvalue weighted by atomic mass is 10.0. The minimum atomic E-state index is -4.95. The summed E-state index contributed by atoms with van der Waals surface area (Å²) < 4.78 is 50.0. The second-order valence-electron chi connectivity index (χ2n) is 5.94. The summed E-state index contributed by atoms with van der Waals surface area (Å²) in [7, 11) is 0. The quantitative estimate of drug-likeness (QED) is 0.772. The third kappa shape index (κ3) is 3.75. The fraction of sp³-hybridized carbons (Fsp3) is 0.158. The largest absolute Gasteiger partial charge is 0.545 e. The maximum Gasteiger partial charge on any atom is 0.429 e. The van der Waals surface area contributed by atoms with Gasteiger partial charge in [-0.15, -0.1) is 0 Å². The number of fused-ring (bicyclic) bond motifs is 1. The standard InChI is InChI=1S/C19H11ClF3NO4/c1-9-4-10(8-24)2-3-14(9)27-16-7-15-11(6-13(16)20)5-12(18(25)26)17(28-15)19(21,22)23/h2-7,17H,1H3,(H,25,26)/p-1. The Kier molecular flexibility index (Phi) is 4.96. The van der Waals surface area contributed by atoms with E-state index in [1.165, 1.54) is 18.2 Å². The molecule has 0 spiro atoms. The molecule has 28 heavy (non-hydrogen) atoms. The van der Waals surface area contributed by atoms with E-state index in [-0.39, 0.29) is 22.1 Å². The Balaban J connectivity index is 2.01. The summed E-state index contributed by atoms with van der Waals surface area (Å²) >= 11 is 6.13. The number of carboxylic acid groups (broad SMARTS) is 1. The molecule has 0 aliphatic carbocycles. The smallest absolute Gasteiger partial charge is 0.429 e. The van der Waals surface area contributed by atoms with Crippen LogP contribution in [-0.2, 0) is 4.79 Å². The summed E-state index contributed by atoms with van der Waals surface area (Å²) in [5, 5.41) is 20.0. The third-order valence-electron chi connectivity index (χ3n) is 3.96. The highest BCUT2D eigenvalue weighted by Gasteiger charge is 2.46. The Bertz CT molecular complexity index is 1040. The Labute approximate surface area is 162 Å². The molecule has 2 aromatic carbocycles. The molecule has 0 saturated heterocycles. The fourth-order valence-corrected chi connectivity index (χ4v) is 2.85. The predicted octanol–water partition coefficient (Wildman–Crippen LogP) is 3.77. The van der Waals surface area contributed by atoms with Crippen molar-refractivity contribution in [2.24, 2.45) is 0 Å². The normalized spacial score (nSPS) is 15.7. The molecule has 5 nitrogen and oxygen atoms in total. The molecule has 1 atom stereocenters. The number of benzene rings is 2. The van der Waals surface area contributed by atoms with Gasteiger partial charge in [0.2, 0.25) is 6.10 Å². The van der Waals surface area contributed by atoms with Crippen LogP contribution in [0.1, 0.15) is 16.7 Å². The van der Waals surface area contributed by atoms with Crippen molar-refractivity contribution in [1.29, 1.82) is 5.26 Å². The SMILES string of the molecule is Cc1cc(C#N)ccc1Oc1cc2c(cc1Cl)C=C(C(=O)[O-])C(C(F)(F)F)O2. The van der Waals surface area contributed by atoms with Crippen LogP contribution in [0.25, 0.3) is 6.08 Å². The van der Waals surface area contributed by atoms with Crippen molar-refractivity contribution in [3.63, 3.8) is 0 Å². The first-order valence-electron chi connectivity index (χ1n) is 7.78. The number of halogens is 4. The van der Waals surface area contributed by atoms with Crippen molar-refractivity contribution < 1.29 is 32.5 Å². The van der Waals surface area contributed by atoms with Gasteiger partial charge in [0.05, 0.1) is 22.6 Å². The summed E-state index contributed by atoms with van der Waals surface area (Å²) in [6.45, 7) is 1.69. The van der Waals surface area contributed by atoms with Crippen molar-refractivity contribution in [3.8, 4) is 23.3 Å². The molecule has 0 saturated carbocycles. The number of carbonyl (C=O) groups excluding carboxylic acids is 1. The topological polar surface area (TPSA) is 82.4 Å². The highest BCUT2D eigenvalue weighted by molar-refractivity contribution is 6.32. The lowest BCUT2D eigenvalue weighted by molar-refractivity contribution is -0.302. The summed E-state index contributed by atoms with van der Waals surface area (Å²) in [4.78, 5) is 11.1. The van der Waals surface area contributed by atoms with Crippen LogP contribution >= 0.6 is 11.6 Å². The zero-order chi connectivity index (χ0) is 20.6. The van der Waals surface area contributed by atoms with E-state index in [2.05, 4.69) is 0 Å². The lowest BCUT2D eigenvalue weighted by Gasteiger charge is -2.29. The molecule has 0 N–H and O–H groups in total. The highest BCUT2D eigenvalue weighted by Crippen LogP contribution is 2.42. The third-order valence-corrected chi connectivity index (χ3v) is 4.25. The fourth-order valence-electron chi connectivity index (χ4n) is 2.64. The van der Waals surface area contributed by atoms with Crippen molar-refractivity contribution in [2.75, 3.05) is 0 Å². The Morgan fingerprint density at radius 2 is 2.00 bits per heavy atom. The Morgan fingerprint density at radius 1 is 1.29 bits per heavy atom. The average molecular weight is 409 g/mol. The molecule has 3 rings (SSSR count). The molecule has 1 aliphatic heterocycles. The number of hydrogen-bond donors (Lipinski definition) is 0. The number of aryl methyl sites for hydroxylation is 1. The van der Waals surface area contributed by atoms with Gasteiger partial charge in [0.25, 0.3) is 0 Å². The maximum absolute atomic E-state index is 13.2. The van der Waals surface area contributed by atoms with E-state index in [4.69, 9.17) is 26.3 Å². The van der Waals surface area contributed by atoms with Gasteiger partial charge in [0, 0.05) is 17.2 Å². The van der Waals surface area contributed by atoms with E-state index in [1.807, 2.05) is 6.07 Å². The number of alkyl halides is 3. The van der Waals surface area contributed by atoms with E-state index >= 15 is 0 Å². The summed E-state index contributed by atoms with van der Waals surface area (Å²) in [5.41, 5.74) is 0.0278. The molecule has 144 valence electrons. The Morgan fingerprint density at radius 3 is 2.57 bits per heavy atom. The molecule has 1 heterocycles. The van der Waals surface area contributed by atoms with Gasteiger partial charge in [0.1, 0.15) is 17.2 Å². The van der Waals surface area contributed by atoms with Gasteiger partial charge in [0.15, 0.2) is 0 Å². The van der Waals surface area contributed by atoms with Gasteiger partial charge in [-0.05, 0) is 42.8 Å². The van der Waals surface area contributed by atoms with E-state index < -0.39 is 23.8 Å². The first-order chi connectivity index (χ1) is 13.1. The minimum absolute atomic E-state index is 0.0134. The van der Waals surface area contributed by atoms with Gasteiger partial charge in [-0.1, -0.05) is 11.6 Å². The second kappa shape index (κ2) is 7.09. The monoisotopic (exact) mass is 408 g/mol. The van der Waals surface area contributed by atoms with Gasteiger partial charge >= 0.3 is 6.18 Å². The molecule has 9 heteroatoms. The number of nitriles is 1. The van der Waals surface area contributed by atoms with Crippen LogP contribution in [-0.4, -0.2) is 18.2 Å². The lowest BCUT2D eigenvalue weighted by Crippen LogP contribution is -2.44. The van der Waals surface area contributed by atoms with Crippen molar-refractivity contribution >= 4 is 23.6 Å². The molecule has 0 amide bonds. The molecule has 1 aliphatic rings. The van der Waals surface area contributed by atoms with Gasteiger partial charge < -0.3 is 19.4 Å². The number of rotatable bonds is 3. The van der Waals surface area contributed by atoms with Crippen molar-refractivity contribution in [1.82, 2.24) is 0 Å². The van der Waals surface area contributed by atoms with E-state index in [0.29, 0.717) is 16.9 Å². The first-order valence-corrected chi connectivity index (χ1v) is 8.16. The number of carboxylic acids is 1. The minimum Gasteiger partial charge on any atom is -0.545 e. The highest BCUT2D eigenvalue weighted by atomic mass is 35.5. The summed E-state index contributed by atoms with van der Waals surface area (Å²) in [6, 6.07) is 8.98. The maximum atomic E-state index is 13.2. The van der Waals surface area contributed by atoms with Gasteiger partial charge in [-0.2, -0.15) is 18.4 Å². The number of aliphatic carboxylic acids is 1. The molecule has 0 aromatic heterocycles. The van der Waals surface area contributed by atoms with Crippen LogP contribution in [0, 0.1) is 18.3 Å². The molecule has 0 fully saturated rings. The second-order valence-corrected chi connectivity index (χ2v) is 6.35. The number of nitrogens with zero attached hydrogens (tertiary/aromatic N) is 1. The van der Waals surface area contributed by atoms with Crippen LogP contribution in [0.5, 0.6) is 17.2 Å². The zero-order valence-corrected chi connectivity index (χ0v) is 14.9. The van der Waals surface area contributed by atoms with E-state index in [9.17, 15) is 23.1 Å². The molecule has 1 unspecified atom stereocenters. The number of carbonyl (C=O) groups is 1. The van der Waals surface area contributed by atoms with Crippen LogP contribution < -0.4 is 14.6 Å².